The van der Waals surface area contributed by atoms with E-state index < -0.39 is 45.9 Å². The van der Waals surface area contributed by atoms with E-state index in [1.807, 2.05) is 48.5 Å². The molecule has 9 heteroatoms. The third-order valence-corrected chi connectivity index (χ3v) is 8.93. The fourth-order valence-corrected chi connectivity index (χ4v) is 7.26. The lowest BCUT2D eigenvalue weighted by Gasteiger charge is -2.54. The lowest BCUT2D eigenvalue weighted by atomic mass is 9.54. The summed E-state index contributed by atoms with van der Waals surface area (Å²) in [5.74, 6) is -3.15. The van der Waals surface area contributed by atoms with Crippen LogP contribution in [0.2, 0.25) is 5.02 Å². The van der Waals surface area contributed by atoms with Crippen molar-refractivity contribution in [1.82, 2.24) is 4.90 Å². The van der Waals surface area contributed by atoms with Crippen LogP contribution in [0.4, 0.5) is 5.69 Å². The number of nitrogens with one attached hydrogen (secondary N) is 1. The maximum atomic E-state index is 13.8. The van der Waals surface area contributed by atoms with Crippen LogP contribution in [0.5, 0.6) is 5.75 Å². The maximum Gasteiger partial charge on any atom is 0.244 e. The Balaban J connectivity index is 1.40. The highest BCUT2D eigenvalue weighted by atomic mass is 35.5. The van der Waals surface area contributed by atoms with Crippen molar-refractivity contribution in [3.63, 3.8) is 0 Å². The van der Waals surface area contributed by atoms with Crippen molar-refractivity contribution in [2.75, 3.05) is 19.0 Å². The van der Waals surface area contributed by atoms with Gasteiger partial charge in [-0.2, -0.15) is 0 Å². The second-order valence-electron chi connectivity index (χ2n) is 9.13. The molecule has 36 heavy (non-hydrogen) atoms. The van der Waals surface area contributed by atoms with E-state index in [9.17, 15) is 14.4 Å². The number of rotatable bonds is 4. The van der Waals surface area contributed by atoms with Gasteiger partial charge in [0, 0.05) is 5.02 Å². The average Bonchev–Trinajstić information content (AvgIpc) is 3.13. The van der Waals surface area contributed by atoms with Crippen LogP contribution in [0.3, 0.4) is 0 Å². The monoisotopic (exact) mass is 540 g/mol. The van der Waals surface area contributed by atoms with Crippen molar-refractivity contribution in [3.8, 4) is 5.75 Å². The van der Waals surface area contributed by atoms with Gasteiger partial charge in [-0.05, 0) is 40.5 Å². The Hall–Kier alpha value is -3.06. The molecule has 1 saturated heterocycles. The van der Waals surface area contributed by atoms with Crippen LogP contribution in [0.25, 0.3) is 0 Å². The molecule has 1 N–H and O–H groups in total. The van der Waals surface area contributed by atoms with Crippen molar-refractivity contribution in [2.45, 2.75) is 9.75 Å². The zero-order chi connectivity index (χ0) is 25.4. The van der Waals surface area contributed by atoms with E-state index in [0.717, 1.165) is 4.90 Å². The summed E-state index contributed by atoms with van der Waals surface area (Å²) in [6.07, 6.45) is 0. The molecule has 182 valence electrons. The van der Waals surface area contributed by atoms with Gasteiger partial charge in [0.05, 0.1) is 24.6 Å². The number of carbonyl (C=O) groups is 3. The first kappa shape index (κ1) is 23.3. The van der Waals surface area contributed by atoms with Crippen LogP contribution in [0.1, 0.15) is 22.3 Å². The van der Waals surface area contributed by atoms with Crippen LogP contribution >= 0.6 is 34.8 Å². The molecule has 6 nitrogen and oxygen atoms in total. The third kappa shape index (κ3) is 2.89. The Morgan fingerprint density at radius 1 is 0.889 bits per heavy atom. The molecule has 3 aliphatic carbocycles. The molecule has 0 spiro atoms. The Labute approximate surface area is 222 Å². The van der Waals surface area contributed by atoms with Crippen molar-refractivity contribution < 1.29 is 19.1 Å². The molecule has 2 atom stereocenters. The normalized spacial score (nSPS) is 27.4. The second-order valence-corrected chi connectivity index (χ2v) is 10.8. The van der Waals surface area contributed by atoms with Gasteiger partial charge < -0.3 is 10.1 Å². The highest BCUT2D eigenvalue weighted by molar-refractivity contribution is 6.36. The Morgan fingerprint density at radius 3 is 1.81 bits per heavy atom. The van der Waals surface area contributed by atoms with E-state index in [-0.39, 0.29) is 0 Å². The van der Waals surface area contributed by atoms with E-state index in [0.29, 0.717) is 38.7 Å². The van der Waals surface area contributed by atoms with Gasteiger partial charge >= 0.3 is 0 Å². The lowest BCUT2D eigenvalue weighted by Crippen LogP contribution is -2.57. The number of carbonyl (C=O) groups excluding carboxylic acids is 3. The molecule has 1 fully saturated rings. The first-order valence-electron chi connectivity index (χ1n) is 11.3. The lowest BCUT2D eigenvalue weighted by molar-refractivity contribution is -0.142. The molecule has 1 aliphatic heterocycles. The number of hydrogen-bond acceptors (Lipinski definition) is 4. The van der Waals surface area contributed by atoms with Gasteiger partial charge in [0.15, 0.2) is 0 Å². The number of anilines is 1. The first-order valence-corrected chi connectivity index (χ1v) is 12.4. The molecule has 0 unspecified atom stereocenters. The highest BCUT2D eigenvalue weighted by Gasteiger charge is 2.73. The molecule has 3 amide bonds. The van der Waals surface area contributed by atoms with E-state index >= 15 is 0 Å². The summed E-state index contributed by atoms with van der Waals surface area (Å²) in [6, 6.07) is 19.5. The quantitative estimate of drug-likeness (QED) is 0.377. The largest absolute Gasteiger partial charge is 0.495 e. The number of ether oxygens (including phenoxy) is 1. The summed E-state index contributed by atoms with van der Waals surface area (Å²) >= 11 is 20.8. The number of benzene rings is 3. The minimum atomic E-state index is -1.29. The minimum Gasteiger partial charge on any atom is -0.495 e. The van der Waals surface area contributed by atoms with Crippen molar-refractivity contribution in [1.29, 1.82) is 0 Å². The molecule has 0 aromatic heterocycles. The Bertz CT molecular complexity index is 1350. The summed E-state index contributed by atoms with van der Waals surface area (Å²) in [4.78, 5) is 39.0. The molecule has 0 radical (unpaired) electrons. The zero-order valence-corrected chi connectivity index (χ0v) is 21.2. The Morgan fingerprint density at radius 2 is 1.36 bits per heavy atom. The number of hydrogen-bond donors (Lipinski definition) is 1. The van der Waals surface area contributed by atoms with Crippen LogP contribution in [0.15, 0.2) is 66.7 Å². The van der Waals surface area contributed by atoms with Crippen molar-refractivity contribution >= 4 is 58.2 Å². The molecular formula is C27H19Cl3N2O4. The predicted octanol–water partition coefficient (Wildman–Crippen LogP) is 4.88. The van der Waals surface area contributed by atoms with Gasteiger partial charge in [0.25, 0.3) is 0 Å². The number of amides is 3. The molecule has 0 saturated carbocycles. The fraction of sp³-hybridized carbons (Fsp3) is 0.222. The number of imide groups is 1. The smallest absolute Gasteiger partial charge is 0.244 e. The van der Waals surface area contributed by atoms with Gasteiger partial charge in [-0.1, -0.05) is 60.1 Å². The first-order chi connectivity index (χ1) is 17.2. The maximum absolute atomic E-state index is 13.8. The van der Waals surface area contributed by atoms with Crippen LogP contribution in [0, 0.1) is 11.8 Å². The van der Waals surface area contributed by atoms with Gasteiger partial charge in [0.2, 0.25) is 17.7 Å². The predicted molar refractivity (Wildman–Crippen MR) is 136 cm³/mol. The van der Waals surface area contributed by atoms with E-state index in [2.05, 4.69) is 5.32 Å². The van der Waals surface area contributed by atoms with Gasteiger partial charge in [-0.25, -0.2) is 0 Å². The number of alkyl halides is 2. The standard InChI is InChI=1S/C27H19Cl3N2O4/c1-36-20-11-10-14(28)12-19(20)31-21(33)13-32-24(34)22-23(25(32)35)27(30)16-7-3-2-6-15(16)26(22,29)17-8-4-5-9-18(17)27/h2-12,22-23H,13H2,1H3,(H,31,33)/t22-,23-,26?,27?/m0/s1. The molecule has 4 aliphatic rings. The fourth-order valence-electron chi connectivity index (χ4n) is 5.99. The van der Waals surface area contributed by atoms with E-state index in [1.54, 1.807) is 12.1 Å². The van der Waals surface area contributed by atoms with E-state index in [4.69, 9.17) is 39.5 Å². The molecule has 3 aromatic rings. The minimum absolute atomic E-state index is 0.328. The number of likely N-dealkylation sites (tertiary alicyclic amines) is 1. The molecule has 7 rings (SSSR count). The van der Waals surface area contributed by atoms with E-state index in [1.165, 1.54) is 13.2 Å². The topological polar surface area (TPSA) is 75.7 Å². The van der Waals surface area contributed by atoms with Gasteiger partial charge in [0.1, 0.15) is 22.0 Å². The summed E-state index contributed by atoms with van der Waals surface area (Å²) < 4.78 is 5.27. The van der Waals surface area contributed by atoms with Gasteiger partial charge in [-0.3, -0.25) is 19.3 Å². The highest BCUT2D eigenvalue weighted by Crippen LogP contribution is 2.69. The summed E-state index contributed by atoms with van der Waals surface area (Å²) in [5.41, 5.74) is 3.15. The molecule has 2 bridgehead atoms. The number of nitrogens with zero attached hydrogens (tertiary/aromatic N) is 1. The van der Waals surface area contributed by atoms with Crippen LogP contribution in [-0.4, -0.2) is 36.3 Å². The van der Waals surface area contributed by atoms with Crippen LogP contribution < -0.4 is 10.1 Å². The second kappa shape index (κ2) is 7.97. The molecule has 3 aromatic carbocycles. The zero-order valence-electron chi connectivity index (χ0n) is 18.9. The third-order valence-electron chi connectivity index (χ3n) is 7.41. The number of halogens is 3. The summed E-state index contributed by atoms with van der Waals surface area (Å²) in [5, 5.41) is 3.08. The van der Waals surface area contributed by atoms with Gasteiger partial charge in [-0.15, -0.1) is 23.2 Å². The van der Waals surface area contributed by atoms with Crippen molar-refractivity contribution in [3.05, 3.63) is 94.0 Å². The Kier molecular flexibility index (Phi) is 5.17. The van der Waals surface area contributed by atoms with Crippen molar-refractivity contribution in [2.24, 2.45) is 11.8 Å². The average molecular weight is 542 g/mol. The summed E-state index contributed by atoms with van der Waals surface area (Å²) in [7, 11) is 1.46. The molecular weight excluding hydrogens is 523 g/mol. The number of methoxy groups -OCH3 is 1. The summed E-state index contributed by atoms with van der Waals surface area (Å²) in [6.45, 7) is -0.493. The molecule has 1 heterocycles. The van der Waals surface area contributed by atoms with Crippen LogP contribution in [-0.2, 0) is 24.1 Å². The SMILES string of the molecule is COc1ccc(Cl)cc1NC(=O)CN1C(=O)[C@@H]2[C@@H](C1=O)C1(Cl)c3ccccc3C2(Cl)c2ccccc21.